The van der Waals surface area contributed by atoms with E-state index in [0.717, 1.165) is 6.07 Å². The minimum Gasteiger partial charge on any atom is -0.377 e. The summed E-state index contributed by atoms with van der Waals surface area (Å²) in [5, 5.41) is 3.90. The van der Waals surface area contributed by atoms with Crippen molar-refractivity contribution in [2.45, 2.75) is 19.4 Å². The van der Waals surface area contributed by atoms with Gasteiger partial charge in [-0.25, -0.2) is 13.2 Å². The van der Waals surface area contributed by atoms with Crippen LogP contribution in [0.3, 0.4) is 0 Å². The van der Waals surface area contributed by atoms with Crippen molar-refractivity contribution in [2.75, 3.05) is 5.32 Å². The van der Waals surface area contributed by atoms with Crippen LogP contribution in [0.4, 0.5) is 18.9 Å². The van der Waals surface area contributed by atoms with E-state index in [0.29, 0.717) is 21.2 Å². The third-order valence-electron chi connectivity index (χ3n) is 4.54. The Balaban J connectivity index is 1.96. The van der Waals surface area contributed by atoms with E-state index in [1.54, 1.807) is 48.5 Å². The lowest BCUT2D eigenvalue weighted by atomic mass is 9.97. The van der Waals surface area contributed by atoms with Crippen LogP contribution in [0.2, 0.25) is 10.0 Å². The van der Waals surface area contributed by atoms with Gasteiger partial charge in [0.1, 0.15) is 0 Å². The maximum absolute atomic E-state index is 14.0. The fourth-order valence-electron chi connectivity index (χ4n) is 2.94. The number of anilines is 1. The monoisotopic (exact) mass is 437 g/mol. The van der Waals surface area contributed by atoms with Crippen molar-refractivity contribution in [1.82, 2.24) is 0 Å². The van der Waals surface area contributed by atoms with Crippen molar-refractivity contribution in [3.8, 4) is 0 Å². The lowest BCUT2D eigenvalue weighted by Gasteiger charge is -2.22. The number of hydrogen-bond acceptors (Lipinski definition) is 2. The Bertz CT molecular complexity index is 1050. The molecule has 1 N–H and O–H groups in total. The van der Waals surface area contributed by atoms with Crippen molar-refractivity contribution >= 4 is 34.7 Å². The molecule has 150 valence electrons. The smallest absolute Gasteiger partial charge is 0.194 e. The van der Waals surface area contributed by atoms with E-state index >= 15 is 0 Å². The summed E-state index contributed by atoms with van der Waals surface area (Å²) in [5.41, 5.74) is 1.05. The quantitative estimate of drug-likeness (QED) is 0.327. The molecule has 3 rings (SSSR count). The van der Waals surface area contributed by atoms with Crippen LogP contribution in [0.1, 0.15) is 33.9 Å². The number of benzene rings is 3. The lowest BCUT2D eigenvalue weighted by molar-refractivity contribution is 0.0976. The normalized spacial score (nSPS) is 11.9. The van der Waals surface area contributed by atoms with Crippen LogP contribution >= 0.6 is 23.2 Å². The summed E-state index contributed by atoms with van der Waals surface area (Å²) in [6.45, 7) is 1.33. The highest BCUT2D eigenvalue weighted by Crippen LogP contribution is 2.30. The minimum atomic E-state index is -1.54. The number of hydrogen-bond donors (Lipinski definition) is 1. The van der Waals surface area contributed by atoms with Gasteiger partial charge in [0.25, 0.3) is 0 Å². The molecule has 7 heteroatoms. The van der Waals surface area contributed by atoms with Gasteiger partial charge in [0.15, 0.2) is 23.2 Å². The van der Waals surface area contributed by atoms with E-state index in [2.05, 4.69) is 5.32 Å². The molecule has 29 heavy (non-hydrogen) atoms. The fraction of sp³-hybridized carbons (Fsp3) is 0.136. The maximum atomic E-state index is 14.0. The van der Waals surface area contributed by atoms with Crippen molar-refractivity contribution in [1.29, 1.82) is 0 Å². The molecule has 3 aromatic rings. The van der Waals surface area contributed by atoms with Crippen LogP contribution in [-0.4, -0.2) is 5.78 Å². The second-order valence-electron chi connectivity index (χ2n) is 6.55. The fourth-order valence-corrected chi connectivity index (χ4v) is 3.26. The molecule has 1 unspecified atom stereocenters. The van der Waals surface area contributed by atoms with E-state index in [4.69, 9.17) is 23.2 Å². The van der Waals surface area contributed by atoms with E-state index in [1.165, 1.54) is 6.92 Å². The molecule has 0 bridgehead atoms. The largest absolute Gasteiger partial charge is 0.377 e. The number of Topliss-reactive ketones (excluding diaryl/α,β-unsaturated/α-hetero) is 1. The van der Waals surface area contributed by atoms with Crippen molar-refractivity contribution < 1.29 is 18.0 Å². The first kappa shape index (κ1) is 21.2. The van der Waals surface area contributed by atoms with E-state index in [9.17, 15) is 18.0 Å². The molecule has 0 fully saturated rings. The summed E-state index contributed by atoms with van der Waals surface area (Å²) < 4.78 is 41.2. The Hall–Kier alpha value is -2.50. The van der Waals surface area contributed by atoms with Gasteiger partial charge >= 0.3 is 0 Å². The standard InChI is InChI=1S/C22H16Cl2F3NO/c1-12-18(10-17(25)22(27)21(12)26)28-19(14-3-2-4-16(24)9-14)11-20(29)13-5-7-15(23)8-6-13/h2-10,19,28H,11H2,1H3. The van der Waals surface area contributed by atoms with Gasteiger partial charge in [-0.05, 0) is 48.9 Å². The highest BCUT2D eigenvalue weighted by molar-refractivity contribution is 6.31. The molecule has 1 atom stereocenters. The highest BCUT2D eigenvalue weighted by atomic mass is 35.5. The summed E-state index contributed by atoms with van der Waals surface area (Å²) in [4.78, 5) is 12.8. The maximum Gasteiger partial charge on any atom is 0.194 e. The average Bonchev–Trinajstić information content (AvgIpc) is 2.70. The molecule has 0 spiro atoms. The number of nitrogens with one attached hydrogen (secondary N) is 1. The molecule has 3 aromatic carbocycles. The number of carbonyl (C=O) groups excluding carboxylic acids is 1. The molecule has 0 aliphatic rings. The molecule has 2 nitrogen and oxygen atoms in total. The van der Waals surface area contributed by atoms with Crippen LogP contribution in [0.15, 0.2) is 54.6 Å². The first-order valence-electron chi connectivity index (χ1n) is 8.71. The third-order valence-corrected chi connectivity index (χ3v) is 5.03. The molecule has 0 aliphatic carbocycles. The summed E-state index contributed by atoms with van der Waals surface area (Å²) in [5.74, 6) is -4.34. The van der Waals surface area contributed by atoms with Gasteiger partial charge in [-0.15, -0.1) is 0 Å². The van der Waals surface area contributed by atoms with Gasteiger partial charge in [-0.1, -0.05) is 35.3 Å². The zero-order chi connectivity index (χ0) is 21.1. The van der Waals surface area contributed by atoms with Crippen LogP contribution in [0, 0.1) is 24.4 Å². The summed E-state index contributed by atoms with van der Waals surface area (Å²) in [6.07, 6.45) is -0.0258. The number of ketones is 1. The van der Waals surface area contributed by atoms with Crippen LogP contribution in [0.25, 0.3) is 0 Å². The molecular formula is C22H16Cl2F3NO. The molecule has 0 saturated heterocycles. The SMILES string of the molecule is Cc1c(NC(CC(=O)c2ccc(Cl)cc2)c2cccc(Cl)c2)cc(F)c(F)c1F. The first-order chi connectivity index (χ1) is 13.8. The number of carbonyl (C=O) groups is 1. The van der Waals surface area contributed by atoms with Crippen LogP contribution in [-0.2, 0) is 0 Å². The second kappa shape index (κ2) is 8.89. The topological polar surface area (TPSA) is 29.1 Å². The molecule has 0 saturated carbocycles. The summed E-state index contributed by atoms with van der Waals surface area (Å²) in [6, 6.07) is 13.4. The molecule has 0 amide bonds. The third kappa shape index (κ3) is 4.92. The van der Waals surface area contributed by atoms with Gasteiger partial charge in [-0.2, -0.15) is 0 Å². The summed E-state index contributed by atoms with van der Waals surface area (Å²) >= 11 is 11.9. The highest BCUT2D eigenvalue weighted by Gasteiger charge is 2.22. The Morgan fingerprint density at radius 3 is 2.31 bits per heavy atom. The van der Waals surface area contributed by atoms with Crippen molar-refractivity contribution in [3.05, 3.63) is 98.8 Å². The molecule has 0 heterocycles. The average molecular weight is 438 g/mol. The first-order valence-corrected chi connectivity index (χ1v) is 9.46. The predicted octanol–water partition coefficient (Wildman–Crippen LogP) is 7.15. The van der Waals surface area contributed by atoms with Crippen molar-refractivity contribution in [3.63, 3.8) is 0 Å². The Morgan fingerprint density at radius 2 is 1.66 bits per heavy atom. The molecule has 0 aliphatic heterocycles. The predicted molar refractivity (Wildman–Crippen MR) is 109 cm³/mol. The van der Waals surface area contributed by atoms with Crippen molar-refractivity contribution in [2.24, 2.45) is 0 Å². The zero-order valence-corrected chi connectivity index (χ0v) is 16.8. The lowest BCUT2D eigenvalue weighted by Crippen LogP contribution is -2.17. The number of rotatable bonds is 6. The minimum absolute atomic E-state index is 0.0258. The van der Waals surface area contributed by atoms with E-state index < -0.39 is 23.5 Å². The molecule has 0 aromatic heterocycles. The zero-order valence-electron chi connectivity index (χ0n) is 15.3. The Kier molecular flexibility index (Phi) is 6.50. The van der Waals surface area contributed by atoms with E-state index in [-0.39, 0.29) is 23.5 Å². The van der Waals surface area contributed by atoms with Gasteiger partial charge in [-0.3, -0.25) is 4.79 Å². The van der Waals surface area contributed by atoms with Gasteiger partial charge in [0, 0.05) is 39.3 Å². The van der Waals surface area contributed by atoms with Crippen LogP contribution in [0.5, 0.6) is 0 Å². The van der Waals surface area contributed by atoms with Gasteiger partial charge in [0.2, 0.25) is 0 Å². The van der Waals surface area contributed by atoms with E-state index in [1.807, 2.05) is 0 Å². The van der Waals surface area contributed by atoms with Gasteiger partial charge < -0.3 is 5.32 Å². The Labute approximate surface area is 176 Å². The molecular weight excluding hydrogens is 422 g/mol. The Morgan fingerprint density at radius 1 is 0.966 bits per heavy atom. The second-order valence-corrected chi connectivity index (χ2v) is 7.42. The van der Waals surface area contributed by atoms with Crippen LogP contribution < -0.4 is 5.32 Å². The summed E-state index contributed by atoms with van der Waals surface area (Å²) in [7, 11) is 0. The van der Waals surface area contributed by atoms with Gasteiger partial charge in [0.05, 0.1) is 6.04 Å². The number of halogens is 5. The molecule has 0 radical (unpaired) electrons.